The number of amides is 1. The highest BCUT2D eigenvalue weighted by molar-refractivity contribution is 7.12. The van der Waals surface area contributed by atoms with Crippen LogP contribution >= 0.6 is 11.3 Å². The van der Waals surface area contributed by atoms with Crippen LogP contribution in [0.2, 0.25) is 0 Å². The second kappa shape index (κ2) is 7.04. The quantitative estimate of drug-likeness (QED) is 0.899. The van der Waals surface area contributed by atoms with Crippen molar-refractivity contribution in [1.29, 1.82) is 0 Å². The number of anilines is 1. The molecule has 122 valence electrons. The van der Waals surface area contributed by atoms with Crippen LogP contribution < -0.4 is 5.73 Å². The van der Waals surface area contributed by atoms with Gasteiger partial charge >= 0.3 is 0 Å². The van der Waals surface area contributed by atoms with E-state index >= 15 is 0 Å². The van der Waals surface area contributed by atoms with Crippen LogP contribution in [0.4, 0.5) is 5.69 Å². The molecule has 1 amide bonds. The van der Waals surface area contributed by atoms with Gasteiger partial charge in [-0.2, -0.15) is 0 Å². The van der Waals surface area contributed by atoms with Gasteiger partial charge in [-0.3, -0.25) is 4.79 Å². The second-order valence-corrected chi connectivity index (χ2v) is 6.98. The van der Waals surface area contributed by atoms with Crippen molar-refractivity contribution in [3.8, 4) is 5.75 Å². The first-order valence-electron chi connectivity index (χ1n) is 8.07. The molecule has 1 saturated heterocycles. The predicted octanol–water partition coefficient (Wildman–Crippen LogP) is 3.66. The maximum atomic E-state index is 12.8. The number of hydrogen-bond donors (Lipinski definition) is 2. The van der Waals surface area contributed by atoms with Crippen LogP contribution in [0.3, 0.4) is 0 Å². The minimum atomic E-state index is 0.0677. The molecule has 23 heavy (non-hydrogen) atoms. The van der Waals surface area contributed by atoms with Crippen molar-refractivity contribution in [2.24, 2.45) is 0 Å². The van der Waals surface area contributed by atoms with Gasteiger partial charge in [-0.05, 0) is 61.2 Å². The van der Waals surface area contributed by atoms with E-state index in [0.29, 0.717) is 16.3 Å². The molecule has 2 aromatic rings. The van der Waals surface area contributed by atoms with E-state index in [9.17, 15) is 9.90 Å². The third-order valence-corrected chi connectivity index (χ3v) is 5.37. The van der Waals surface area contributed by atoms with Crippen molar-refractivity contribution in [3.05, 3.63) is 46.2 Å². The van der Waals surface area contributed by atoms with Crippen LogP contribution in [0, 0.1) is 0 Å². The largest absolute Gasteiger partial charge is 0.508 e. The van der Waals surface area contributed by atoms with Gasteiger partial charge in [-0.15, -0.1) is 11.3 Å². The molecule has 0 unspecified atom stereocenters. The lowest BCUT2D eigenvalue weighted by molar-refractivity contribution is 0.0608. The Morgan fingerprint density at radius 2 is 2.22 bits per heavy atom. The molecular formula is C18H22N2O2S. The summed E-state index contributed by atoms with van der Waals surface area (Å²) in [6.07, 6.45) is 5.03. The number of nitrogen functional groups attached to an aromatic ring is 1. The van der Waals surface area contributed by atoms with Gasteiger partial charge < -0.3 is 15.7 Å². The van der Waals surface area contributed by atoms with Crippen molar-refractivity contribution in [3.63, 3.8) is 0 Å². The average molecular weight is 330 g/mol. The topological polar surface area (TPSA) is 66.6 Å². The predicted molar refractivity (Wildman–Crippen MR) is 93.8 cm³/mol. The number of carbonyl (C=O) groups is 1. The van der Waals surface area contributed by atoms with Crippen LogP contribution in [0.25, 0.3) is 0 Å². The maximum Gasteiger partial charge on any atom is 0.266 e. The number of hydrogen-bond acceptors (Lipinski definition) is 4. The number of thiophene rings is 1. The lowest BCUT2D eigenvalue weighted by Gasteiger charge is -2.36. The summed E-state index contributed by atoms with van der Waals surface area (Å²) in [6, 6.07) is 9.40. The standard InChI is InChI=1S/C18H22N2O2S/c19-16-9-11-23-17(16)18(22)20-10-2-1-5-14(20)8-7-13-4-3-6-15(21)12-13/h3-4,6,9,11-12,14,21H,1-2,5,7-8,10,19H2/t14-/m0/s1. The van der Waals surface area contributed by atoms with E-state index in [4.69, 9.17) is 5.73 Å². The van der Waals surface area contributed by atoms with E-state index in [2.05, 4.69) is 0 Å². The van der Waals surface area contributed by atoms with Crippen LogP contribution in [0.1, 0.15) is 40.9 Å². The summed E-state index contributed by atoms with van der Waals surface area (Å²) in [7, 11) is 0. The highest BCUT2D eigenvalue weighted by atomic mass is 32.1. The lowest BCUT2D eigenvalue weighted by Crippen LogP contribution is -2.43. The molecule has 1 aliphatic rings. The van der Waals surface area contributed by atoms with Gasteiger partial charge in [-0.25, -0.2) is 0 Å². The summed E-state index contributed by atoms with van der Waals surface area (Å²) in [5.74, 6) is 0.364. The summed E-state index contributed by atoms with van der Waals surface area (Å²) < 4.78 is 0. The Bertz CT molecular complexity index is 683. The first-order valence-corrected chi connectivity index (χ1v) is 8.95. The third kappa shape index (κ3) is 3.67. The zero-order chi connectivity index (χ0) is 16.2. The Morgan fingerprint density at radius 1 is 1.35 bits per heavy atom. The molecule has 0 bridgehead atoms. The monoisotopic (exact) mass is 330 g/mol. The molecule has 1 fully saturated rings. The zero-order valence-corrected chi connectivity index (χ0v) is 13.9. The minimum Gasteiger partial charge on any atom is -0.508 e. The molecule has 0 saturated carbocycles. The number of rotatable bonds is 4. The van der Waals surface area contributed by atoms with Crippen LogP contribution in [-0.4, -0.2) is 28.5 Å². The summed E-state index contributed by atoms with van der Waals surface area (Å²) in [4.78, 5) is 15.4. The fourth-order valence-electron chi connectivity index (χ4n) is 3.24. The number of nitrogens with zero attached hydrogens (tertiary/aromatic N) is 1. The SMILES string of the molecule is Nc1ccsc1C(=O)N1CCCC[C@H]1CCc1cccc(O)c1. The van der Waals surface area contributed by atoms with E-state index in [1.807, 2.05) is 22.4 Å². The Hall–Kier alpha value is -2.01. The van der Waals surface area contributed by atoms with Gasteiger partial charge in [0.1, 0.15) is 10.6 Å². The molecule has 5 heteroatoms. The Balaban J connectivity index is 1.69. The van der Waals surface area contributed by atoms with Gasteiger partial charge in [0, 0.05) is 12.6 Å². The van der Waals surface area contributed by atoms with Gasteiger partial charge in [-0.1, -0.05) is 12.1 Å². The number of phenols is 1. The molecule has 0 spiro atoms. The molecule has 1 aliphatic heterocycles. The van der Waals surface area contributed by atoms with Gasteiger partial charge in [0.25, 0.3) is 5.91 Å². The van der Waals surface area contributed by atoms with Crippen LogP contribution in [0.15, 0.2) is 35.7 Å². The number of aromatic hydroxyl groups is 1. The van der Waals surface area contributed by atoms with Crippen molar-refractivity contribution in [2.45, 2.75) is 38.1 Å². The van der Waals surface area contributed by atoms with E-state index in [-0.39, 0.29) is 11.9 Å². The van der Waals surface area contributed by atoms with E-state index in [1.165, 1.54) is 11.3 Å². The molecule has 1 atom stereocenters. The molecule has 2 heterocycles. The van der Waals surface area contributed by atoms with Crippen molar-refractivity contribution in [1.82, 2.24) is 4.90 Å². The Kier molecular flexibility index (Phi) is 4.86. The third-order valence-electron chi connectivity index (χ3n) is 4.45. The smallest absolute Gasteiger partial charge is 0.266 e. The molecule has 1 aromatic carbocycles. The highest BCUT2D eigenvalue weighted by Crippen LogP contribution is 2.27. The van der Waals surface area contributed by atoms with E-state index in [0.717, 1.165) is 44.2 Å². The lowest BCUT2D eigenvalue weighted by atomic mass is 9.95. The second-order valence-electron chi connectivity index (χ2n) is 6.06. The number of aryl methyl sites for hydroxylation is 1. The van der Waals surface area contributed by atoms with Crippen LogP contribution in [-0.2, 0) is 6.42 Å². The summed E-state index contributed by atoms with van der Waals surface area (Å²) in [5.41, 5.74) is 7.60. The number of likely N-dealkylation sites (tertiary alicyclic amines) is 1. The van der Waals surface area contributed by atoms with E-state index in [1.54, 1.807) is 18.2 Å². The van der Waals surface area contributed by atoms with E-state index < -0.39 is 0 Å². The van der Waals surface area contributed by atoms with Crippen molar-refractivity contribution >= 4 is 22.9 Å². The maximum absolute atomic E-state index is 12.8. The van der Waals surface area contributed by atoms with Crippen molar-refractivity contribution in [2.75, 3.05) is 12.3 Å². The normalized spacial score (nSPS) is 18.1. The molecule has 3 rings (SSSR count). The summed E-state index contributed by atoms with van der Waals surface area (Å²) >= 11 is 1.42. The molecule has 1 aromatic heterocycles. The fourth-order valence-corrected chi connectivity index (χ4v) is 4.01. The van der Waals surface area contributed by atoms with Gasteiger partial charge in [0.2, 0.25) is 0 Å². The molecular weight excluding hydrogens is 308 g/mol. The van der Waals surface area contributed by atoms with Crippen molar-refractivity contribution < 1.29 is 9.90 Å². The highest BCUT2D eigenvalue weighted by Gasteiger charge is 2.28. The summed E-state index contributed by atoms with van der Waals surface area (Å²) in [5, 5.41) is 11.4. The van der Waals surface area contributed by atoms with Gasteiger partial charge in [0.15, 0.2) is 0 Å². The number of phenolic OH excluding ortho intramolecular Hbond substituents is 1. The zero-order valence-electron chi connectivity index (χ0n) is 13.1. The summed E-state index contributed by atoms with van der Waals surface area (Å²) in [6.45, 7) is 0.806. The molecule has 3 N–H and O–H groups in total. The molecule has 0 radical (unpaired) electrons. The number of nitrogens with two attached hydrogens (primary N) is 1. The minimum absolute atomic E-state index is 0.0677. The number of benzene rings is 1. The number of carbonyl (C=O) groups excluding carboxylic acids is 1. The molecule has 4 nitrogen and oxygen atoms in total. The van der Waals surface area contributed by atoms with Gasteiger partial charge in [0.05, 0.1) is 5.69 Å². The average Bonchev–Trinajstić information content (AvgIpc) is 2.99. The van der Waals surface area contributed by atoms with Crippen LogP contribution in [0.5, 0.6) is 5.75 Å². The molecule has 0 aliphatic carbocycles. The Labute approximate surface area is 140 Å². The first kappa shape index (κ1) is 15.9. The fraction of sp³-hybridized carbons (Fsp3) is 0.389. The number of piperidine rings is 1. The first-order chi connectivity index (χ1) is 11.1. The Morgan fingerprint density at radius 3 is 2.96 bits per heavy atom.